The number of nitrogens with zero attached hydrogens (tertiary/aromatic N) is 2. The van der Waals surface area contributed by atoms with Gasteiger partial charge in [-0.05, 0) is 42.7 Å². The zero-order valence-electron chi connectivity index (χ0n) is 17.1. The number of carbonyl (C=O) groups excluding carboxylic acids is 2. The second-order valence-electron chi connectivity index (χ2n) is 7.81. The minimum Gasteiger partial charge on any atom is -0.349 e. The number of rotatable bonds is 6. The Kier molecular flexibility index (Phi) is 6.67. The van der Waals surface area contributed by atoms with Crippen molar-refractivity contribution in [3.05, 3.63) is 89.0 Å². The van der Waals surface area contributed by atoms with Crippen molar-refractivity contribution in [1.29, 1.82) is 0 Å². The van der Waals surface area contributed by atoms with Crippen molar-refractivity contribution in [2.75, 3.05) is 13.1 Å². The lowest BCUT2D eigenvalue weighted by Gasteiger charge is -2.33. The number of imidazole rings is 1. The molecule has 1 aromatic heterocycles. The Bertz CT molecular complexity index is 1010. The average Bonchev–Trinajstić information content (AvgIpc) is 3.32. The van der Waals surface area contributed by atoms with Crippen molar-refractivity contribution in [2.45, 2.75) is 25.3 Å². The predicted molar refractivity (Wildman–Crippen MR) is 120 cm³/mol. The van der Waals surface area contributed by atoms with Gasteiger partial charge in [0, 0.05) is 42.5 Å². The number of amides is 2. The molecule has 0 unspecified atom stereocenters. The van der Waals surface area contributed by atoms with Gasteiger partial charge in [-0.2, -0.15) is 0 Å². The summed E-state index contributed by atoms with van der Waals surface area (Å²) in [5.74, 6) is 0.475. The largest absolute Gasteiger partial charge is 0.349 e. The summed E-state index contributed by atoms with van der Waals surface area (Å²) in [5, 5.41) is 3.79. The van der Waals surface area contributed by atoms with E-state index in [0.717, 1.165) is 24.2 Å². The Morgan fingerprint density at radius 1 is 1.16 bits per heavy atom. The van der Waals surface area contributed by atoms with E-state index in [-0.39, 0.29) is 23.8 Å². The van der Waals surface area contributed by atoms with Gasteiger partial charge in [-0.3, -0.25) is 9.59 Å². The molecule has 1 saturated heterocycles. The maximum absolute atomic E-state index is 13.2. The molecule has 0 bridgehead atoms. The van der Waals surface area contributed by atoms with E-state index in [1.165, 1.54) is 0 Å². The van der Waals surface area contributed by atoms with Gasteiger partial charge in [0.1, 0.15) is 5.82 Å². The van der Waals surface area contributed by atoms with E-state index in [1.807, 2.05) is 30.3 Å². The van der Waals surface area contributed by atoms with Crippen LogP contribution >= 0.6 is 11.6 Å². The third-order valence-corrected chi connectivity index (χ3v) is 5.89. The maximum atomic E-state index is 13.2. The number of hydrogen-bond acceptors (Lipinski definition) is 3. The van der Waals surface area contributed by atoms with Crippen LogP contribution in [0.1, 0.15) is 40.6 Å². The minimum atomic E-state index is -0.243. The number of carbonyl (C=O) groups is 2. The summed E-state index contributed by atoms with van der Waals surface area (Å²) in [5.41, 5.74) is 1.61. The molecule has 6 nitrogen and oxygen atoms in total. The summed E-state index contributed by atoms with van der Waals surface area (Å²) in [6.45, 7) is 1.06. The summed E-state index contributed by atoms with van der Waals surface area (Å²) in [7, 11) is 0. The van der Waals surface area contributed by atoms with Crippen LogP contribution in [0, 0.1) is 5.92 Å². The Balaban J connectivity index is 1.44. The van der Waals surface area contributed by atoms with Crippen molar-refractivity contribution in [1.82, 2.24) is 20.2 Å². The molecule has 160 valence electrons. The van der Waals surface area contributed by atoms with Crippen LogP contribution in [-0.4, -0.2) is 39.8 Å². The lowest BCUT2D eigenvalue weighted by molar-refractivity contribution is -0.127. The van der Waals surface area contributed by atoms with Gasteiger partial charge in [-0.15, -0.1) is 0 Å². The molecule has 31 heavy (non-hydrogen) atoms. The molecule has 1 aliphatic rings. The fourth-order valence-electron chi connectivity index (χ4n) is 3.98. The molecule has 0 saturated carbocycles. The predicted octanol–water partition coefficient (Wildman–Crippen LogP) is 4.02. The normalized spacial score (nSPS) is 17.2. The topological polar surface area (TPSA) is 78.1 Å². The Labute approximate surface area is 186 Å². The zero-order valence-corrected chi connectivity index (χ0v) is 17.9. The molecule has 0 aliphatic carbocycles. The Morgan fingerprint density at radius 2 is 1.94 bits per heavy atom. The molecule has 3 aromatic rings. The molecule has 4 rings (SSSR count). The first kappa shape index (κ1) is 21.1. The number of aromatic nitrogens is 2. The first-order valence-corrected chi connectivity index (χ1v) is 10.9. The monoisotopic (exact) mass is 436 g/mol. The summed E-state index contributed by atoms with van der Waals surface area (Å²) >= 11 is 5.93. The standard InChI is InChI=1S/C24H25ClN4O2/c25-20-10-8-18(9-11-20)24(31)29-14-4-7-19(16-29)23(30)28-21(15-22-26-12-13-27-22)17-5-2-1-3-6-17/h1-3,5-6,8-13,19,21H,4,7,14-16H2,(H,26,27)(H,28,30)/t19-,21+/m1/s1. The van der Waals surface area contributed by atoms with E-state index in [4.69, 9.17) is 11.6 Å². The molecule has 1 fully saturated rings. The van der Waals surface area contributed by atoms with Gasteiger partial charge >= 0.3 is 0 Å². The van der Waals surface area contributed by atoms with Crippen molar-refractivity contribution >= 4 is 23.4 Å². The zero-order chi connectivity index (χ0) is 21.6. The van der Waals surface area contributed by atoms with Crippen LogP contribution in [0.2, 0.25) is 5.02 Å². The number of H-pyrrole nitrogens is 1. The first-order valence-electron chi connectivity index (χ1n) is 10.5. The minimum absolute atomic E-state index is 0.0333. The van der Waals surface area contributed by atoms with Gasteiger partial charge in [-0.25, -0.2) is 4.98 Å². The van der Waals surface area contributed by atoms with Gasteiger partial charge in [0.25, 0.3) is 5.91 Å². The molecule has 2 N–H and O–H groups in total. The van der Waals surface area contributed by atoms with Crippen molar-refractivity contribution in [3.63, 3.8) is 0 Å². The lowest BCUT2D eigenvalue weighted by Crippen LogP contribution is -2.46. The van der Waals surface area contributed by atoms with Gasteiger partial charge < -0.3 is 15.2 Å². The fourth-order valence-corrected chi connectivity index (χ4v) is 4.11. The third-order valence-electron chi connectivity index (χ3n) is 5.64. The van der Waals surface area contributed by atoms with Crippen molar-refractivity contribution < 1.29 is 9.59 Å². The van der Waals surface area contributed by atoms with E-state index >= 15 is 0 Å². The number of aromatic amines is 1. The maximum Gasteiger partial charge on any atom is 0.253 e. The second-order valence-corrected chi connectivity index (χ2v) is 8.25. The molecule has 2 amide bonds. The molecule has 0 radical (unpaired) electrons. The van der Waals surface area contributed by atoms with E-state index in [1.54, 1.807) is 41.6 Å². The van der Waals surface area contributed by atoms with Crippen molar-refractivity contribution in [2.24, 2.45) is 5.92 Å². The summed E-state index contributed by atoms with van der Waals surface area (Å²) in [6.07, 6.45) is 5.62. The summed E-state index contributed by atoms with van der Waals surface area (Å²) in [6, 6.07) is 16.6. The van der Waals surface area contributed by atoms with Gasteiger partial charge in [0.15, 0.2) is 0 Å². The van der Waals surface area contributed by atoms with E-state index in [0.29, 0.717) is 30.1 Å². The highest BCUT2D eigenvalue weighted by Crippen LogP contribution is 2.22. The average molecular weight is 437 g/mol. The smallest absolute Gasteiger partial charge is 0.253 e. The van der Waals surface area contributed by atoms with E-state index < -0.39 is 0 Å². The van der Waals surface area contributed by atoms with Gasteiger partial charge in [-0.1, -0.05) is 41.9 Å². The highest BCUT2D eigenvalue weighted by atomic mass is 35.5. The van der Waals surface area contributed by atoms with Crippen LogP contribution in [0.25, 0.3) is 0 Å². The molecule has 2 atom stereocenters. The lowest BCUT2D eigenvalue weighted by atomic mass is 9.95. The van der Waals surface area contributed by atoms with Gasteiger partial charge in [0.2, 0.25) is 5.91 Å². The Morgan fingerprint density at radius 3 is 2.65 bits per heavy atom. The highest BCUT2D eigenvalue weighted by molar-refractivity contribution is 6.30. The van der Waals surface area contributed by atoms with Crippen LogP contribution in [0.15, 0.2) is 67.0 Å². The van der Waals surface area contributed by atoms with E-state index in [9.17, 15) is 9.59 Å². The van der Waals surface area contributed by atoms with Crippen LogP contribution in [0.3, 0.4) is 0 Å². The number of nitrogens with one attached hydrogen (secondary N) is 2. The number of likely N-dealkylation sites (tertiary alicyclic amines) is 1. The number of piperidine rings is 1. The quantitative estimate of drug-likeness (QED) is 0.612. The number of benzene rings is 2. The fraction of sp³-hybridized carbons (Fsp3) is 0.292. The molecule has 2 heterocycles. The van der Waals surface area contributed by atoms with Crippen LogP contribution in [0.5, 0.6) is 0 Å². The molecular weight excluding hydrogens is 412 g/mol. The number of halogens is 1. The Hall–Kier alpha value is -3.12. The molecular formula is C24H25ClN4O2. The highest BCUT2D eigenvalue weighted by Gasteiger charge is 2.30. The second kappa shape index (κ2) is 9.79. The van der Waals surface area contributed by atoms with Crippen LogP contribution in [-0.2, 0) is 11.2 Å². The molecule has 0 spiro atoms. The van der Waals surface area contributed by atoms with E-state index in [2.05, 4.69) is 15.3 Å². The third kappa shape index (κ3) is 5.33. The summed E-state index contributed by atoms with van der Waals surface area (Å²) < 4.78 is 0. The summed E-state index contributed by atoms with van der Waals surface area (Å²) in [4.78, 5) is 35.2. The molecule has 2 aromatic carbocycles. The molecule has 1 aliphatic heterocycles. The van der Waals surface area contributed by atoms with Crippen LogP contribution in [0.4, 0.5) is 0 Å². The van der Waals surface area contributed by atoms with Crippen molar-refractivity contribution in [3.8, 4) is 0 Å². The number of hydrogen-bond donors (Lipinski definition) is 2. The van der Waals surface area contributed by atoms with Crippen LogP contribution < -0.4 is 5.32 Å². The first-order chi connectivity index (χ1) is 15.1. The van der Waals surface area contributed by atoms with Gasteiger partial charge in [0.05, 0.1) is 12.0 Å². The molecule has 7 heteroatoms. The SMILES string of the molecule is O=C(N[C@@H](Cc1ncc[nH]1)c1ccccc1)[C@@H]1CCCN(C(=O)c2ccc(Cl)cc2)C1.